The summed E-state index contributed by atoms with van der Waals surface area (Å²) in [7, 11) is 0. The van der Waals surface area contributed by atoms with E-state index in [0.717, 1.165) is 40.6 Å². The van der Waals surface area contributed by atoms with Crippen LogP contribution in [0.3, 0.4) is 0 Å². The number of aromatic nitrogens is 3. The molecule has 1 N–H and O–H groups in total. The van der Waals surface area contributed by atoms with Crippen LogP contribution in [0.15, 0.2) is 35.6 Å². The average Bonchev–Trinajstić information content (AvgIpc) is 2.98. The first-order valence-corrected chi connectivity index (χ1v) is 8.50. The summed E-state index contributed by atoms with van der Waals surface area (Å²) in [5, 5.41) is 9.37. The average molecular weight is 423 g/mol. The number of benzene rings is 1. The number of nitrogens with one attached hydrogen (secondary N) is 1. The minimum absolute atomic E-state index is 0.00264. The summed E-state index contributed by atoms with van der Waals surface area (Å²) < 4.78 is 66.1. The summed E-state index contributed by atoms with van der Waals surface area (Å²) in [5.41, 5.74) is -1.23. The van der Waals surface area contributed by atoms with Gasteiger partial charge >= 0.3 is 6.18 Å². The monoisotopic (exact) mass is 422 g/mol. The highest BCUT2D eigenvalue weighted by molar-refractivity contribution is 7.99. The van der Waals surface area contributed by atoms with Gasteiger partial charge in [0.25, 0.3) is 0 Å². The number of thioether (sulfide) groups is 1. The number of anilines is 1. The van der Waals surface area contributed by atoms with E-state index in [0.29, 0.717) is 6.07 Å². The number of carbonyl (C=O) groups is 1. The van der Waals surface area contributed by atoms with Gasteiger partial charge in [0.15, 0.2) is 10.8 Å². The van der Waals surface area contributed by atoms with Gasteiger partial charge in [0, 0.05) is 12.3 Å². The van der Waals surface area contributed by atoms with Gasteiger partial charge in [0.05, 0.1) is 22.0 Å². The van der Waals surface area contributed by atoms with Crippen molar-refractivity contribution in [2.45, 2.75) is 11.3 Å². The molecule has 0 fully saturated rings. The Morgan fingerprint density at radius 2 is 1.96 bits per heavy atom. The van der Waals surface area contributed by atoms with Crippen molar-refractivity contribution in [3.05, 3.63) is 52.7 Å². The second kappa shape index (κ2) is 7.31. The number of nitrogens with zero attached hydrogens (tertiary/aromatic N) is 3. The molecule has 2 heterocycles. The third-order valence-corrected chi connectivity index (χ3v) is 4.51. The van der Waals surface area contributed by atoms with Gasteiger partial charge < -0.3 is 5.32 Å². The number of pyridine rings is 1. The summed E-state index contributed by atoms with van der Waals surface area (Å²) in [4.78, 5) is 11.9. The number of hydrogen-bond acceptors (Lipinski definition) is 4. The van der Waals surface area contributed by atoms with Crippen LogP contribution in [0.1, 0.15) is 5.56 Å². The molecule has 0 saturated carbocycles. The highest BCUT2D eigenvalue weighted by atomic mass is 35.5. The van der Waals surface area contributed by atoms with Crippen LogP contribution in [0.2, 0.25) is 5.02 Å². The van der Waals surface area contributed by atoms with Gasteiger partial charge in [0.2, 0.25) is 5.91 Å². The van der Waals surface area contributed by atoms with Crippen LogP contribution < -0.4 is 5.32 Å². The second-order valence-electron chi connectivity index (χ2n) is 5.21. The van der Waals surface area contributed by atoms with Crippen LogP contribution >= 0.6 is 23.4 Å². The second-order valence-corrected chi connectivity index (χ2v) is 6.56. The van der Waals surface area contributed by atoms with Gasteiger partial charge in [-0.15, -0.1) is 10.2 Å². The summed E-state index contributed by atoms with van der Waals surface area (Å²) in [6.45, 7) is 0. The largest absolute Gasteiger partial charge is 0.417 e. The molecule has 0 atom stereocenters. The Hall–Kier alpha value is -2.40. The van der Waals surface area contributed by atoms with Crippen molar-refractivity contribution in [3.8, 4) is 0 Å². The molecule has 0 radical (unpaired) electrons. The number of amides is 1. The summed E-state index contributed by atoms with van der Waals surface area (Å²) in [6, 6.07) is 3.35. The highest BCUT2D eigenvalue weighted by Crippen LogP contribution is 2.33. The first-order valence-electron chi connectivity index (χ1n) is 7.14. The van der Waals surface area contributed by atoms with Gasteiger partial charge in [0.1, 0.15) is 11.6 Å². The minimum Gasteiger partial charge on any atom is -0.323 e. The van der Waals surface area contributed by atoms with E-state index in [9.17, 15) is 26.7 Å². The Bertz CT molecular complexity index is 1020. The van der Waals surface area contributed by atoms with Gasteiger partial charge in [-0.2, -0.15) is 13.2 Å². The van der Waals surface area contributed by atoms with E-state index in [4.69, 9.17) is 11.6 Å². The smallest absolute Gasteiger partial charge is 0.323 e. The fourth-order valence-corrected chi connectivity index (χ4v) is 3.05. The predicted octanol–water partition coefficient (Wildman–Crippen LogP) is 4.41. The SMILES string of the molecule is O=C(CSc1nnc2c(Cl)cc(C(F)(F)F)cn12)Nc1ccc(F)cc1F. The molecule has 1 amide bonds. The van der Waals surface area contributed by atoms with E-state index in [2.05, 4.69) is 15.5 Å². The lowest BCUT2D eigenvalue weighted by atomic mass is 10.3. The van der Waals surface area contributed by atoms with E-state index in [1.165, 1.54) is 0 Å². The maximum Gasteiger partial charge on any atom is 0.417 e. The number of halogens is 6. The first kappa shape index (κ1) is 19.4. The van der Waals surface area contributed by atoms with E-state index in [1.54, 1.807) is 0 Å². The predicted molar refractivity (Wildman–Crippen MR) is 88.7 cm³/mol. The van der Waals surface area contributed by atoms with Crippen molar-refractivity contribution in [2.24, 2.45) is 0 Å². The van der Waals surface area contributed by atoms with Crippen molar-refractivity contribution in [2.75, 3.05) is 11.1 Å². The first-order chi connectivity index (χ1) is 12.6. The number of hydrogen-bond donors (Lipinski definition) is 1. The third kappa shape index (κ3) is 4.30. The van der Waals surface area contributed by atoms with Crippen LogP contribution in [0.5, 0.6) is 0 Å². The highest BCUT2D eigenvalue weighted by Gasteiger charge is 2.32. The Morgan fingerprint density at radius 1 is 1.22 bits per heavy atom. The topological polar surface area (TPSA) is 59.3 Å². The van der Waals surface area contributed by atoms with Gasteiger partial charge in [-0.3, -0.25) is 9.20 Å². The normalized spacial score (nSPS) is 11.8. The molecule has 0 unspecified atom stereocenters. The van der Waals surface area contributed by atoms with Crippen LogP contribution in [0, 0.1) is 11.6 Å². The van der Waals surface area contributed by atoms with Crippen LogP contribution in [0.25, 0.3) is 5.65 Å². The molecule has 27 heavy (non-hydrogen) atoms. The van der Waals surface area contributed by atoms with Gasteiger partial charge in [-0.25, -0.2) is 8.78 Å². The maximum atomic E-state index is 13.5. The molecule has 0 spiro atoms. The zero-order valence-electron chi connectivity index (χ0n) is 13.0. The van der Waals surface area contributed by atoms with E-state index < -0.39 is 29.3 Å². The lowest BCUT2D eigenvalue weighted by Crippen LogP contribution is -2.15. The molecule has 0 aliphatic heterocycles. The number of fused-ring (bicyclic) bond motifs is 1. The maximum absolute atomic E-state index is 13.5. The zero-order chi connectivity index (χ0) is 19.8. The molecule has 0 saturated heterocycles. The summed E-state index contributed by atoms with van der Waals surface area (Å²) in [6.07, 6.45) is -3.86. The number of carbonyl (C=O) groups excluding carboxylic acids is 1. The molecule has 3 rings (SSSR count). The zero-order valence-corrected chi connectivity index (χ0v) is 14.6. The van der Waals surface area contributed by atoms with E-state index in [1.807, 2.05) is 0 Å². The Balaban J connectivity index is 1.76. The quantitative estimate of drug-likeness (QED) is 0.500. The number of rotatable bonds is 4. The van der Waals surface area contributed by atoms with Crippen molar-refractivity contribution < 1.29 is 26.7 Å². The molecule has 2 aromatic heterocycles. The van der Waals surface area contributed by atoms with Crippen molar-refractivity contribution >= 4 is 40.6 Å². The molecule has 3 aromatic rings. The molecular weight excluding hydrogens is 415 g/mol. The van der Waals surface area contributed by atoms with Crippen LogP contribution in [-0.4, -0.2) is 26.3 Å². The molecule has 12 heteroatoms. The van der Waals surface area contributed by atoms with Crippen molar-refractivity contribution in [3.63, 3.8) is 0 Å². The van der Waals surface area contributed by atoms with E-state index in [-0.39, 0.29) is 27.3 Å². The lowest BCUT2D eigenvalue weighted by molar-refractivity contribution is -0.137. The molecule has 0 bridgehead atoms. The minimum atomic E-state index is -4.62. The van der Waals surface area contributed by atoms with Crippen molar-refractivity contribution in [1.82, 2.24) is 14.6 Å². The van der Waals surface area contributed by atoms with Crippen molar-refractivity contribution in [1.29, 1.82) is 0 Å². The fraction of sp³-hybridized carbons (Fsp3) is 0.133. The van der Waals surface area contributed by atoms with Gasteiger partial charge in [-0.05, 0) is 18.2 Å². The molecule has 0 aliphatic carbocycles. The third-order valence-electron chi connectivity index (χ3n) is 3.29. The molecule has 0 aliphatic rings. The summed E-state index contributed by atoms with van der Waals surface area (Å²) in [5.74, 6) is -2.72. The molecule has 1 aromatic carbocycles. The molecule has 142 valence electrons. The fourth-order valence-electron chi connectivity index (χ4n) is 2.09. The Labute approximate surface area is 157 Å². The van der Waals surface area contributed by atoms with E-state index >= 15 is 0 Å². The molecule has 5 nitrogen and oxygen atoms in total. The van der Waals surface area contributed by atoms with Crippen LogP contribution in [0.4, 0.5) is 27.6 Å². The Kier molecular flexibility index (Phi) is 5.24. The standard InChI is InChI=1S/C15H8ClF5N4OS/c16-9-3-7(15(19,20)21)5-25-13(9)23-24-14(25)27-6-12(26)22-11-2-1-8(17)4-10(11)18/h1-5H,6H2,(H,22,26). The molecular formula is C15H8ClF5N4OS. The van der Waals surface area contributed by atoms with Gasteiger partial charge in [-0.1, -0.05) is 23.4 Å². The lowest BCUT2D eigenvalue weighted by Gasteiger charge is -2.09. The summed E-state index contributed by atoms with van der Waals surface area (Å²) >= 11 is 6.57. The Morgan fingerprint density at radius 3 is 2.63 bits per heavy atom. The van der Waals surface area contributed by atoms with Crippen LogP contribution in [-0.2, 0) is 11.0 Å². The number of alkyl halides is 3.